The Morgan fingerprint density at radius 1 is 1.40 bits per heavy atom. The Bertz CT molecular complexity index is 172. The van der Waals surface area contributed by atoms with Gasteiger partial charge in [0.15, 0.2) is 0 Å². The molecule has 1 aliphatic carbocycles. The van der Waals surface area contributed by atoms with E-state index in [0.29, 0.717) is 5.92 Å². The van der Waals surface area contributed by atoms with E-state index in [1.807, 2.05) is 6.92 Å². The van der Waals surface area contributed by atoms with E-state index < -0.39 is 0 Å². The van der Waals surface area contributed by atoms with E-state index in [-0.39, 0.29) is 16.3 Å². The maximum Gasteiger partial charge on any atom is 0.123 e. The molecule has 1 saturated carbocycles. The lowest BCUT2D eigenvalue weighted by atomic mass is 10.3. The van der Waals surface area contributed by atoms with Gasteiger partial charge in [-0.1, -0.05) is 36.2 Å². The van der Waals surface area contributed by atoms with Gasteiger partial charge in [-0.3, -0.25) is 0 Å². The lowest BCUT2D eigenvalue weighted by Gasteiger charge is -1.81. The molecule has 0 N–H and O–H groups in total. The Hall–Kier alpha value is -0.0100. The van der Waals surface area contributed by atoms with Crippen molar-refractivity contribution < 1.29 is 4.79 Å². The summed E-state index contributed by atoms with van der Waals surface area (Å²) in [5.74, 6) is 0.847. The highest BCUT2D eigenvalue weighted by atomic mass is 35.5. The predicted molar refractivity (Wildman–Crippen MR) is 42.0 cm³/mol. The number of carbonyl (C=O) groups excluding carboxylic acids is 1. The first kappa shape index (κ1) is 8.09. The molecule has 3 atom stereocenters. The summed E-state index contributed by atoms with van der Waals surface area (Å²) in [4.78, 5) is 10.3. The van der Waals surface area contributed by atoms with E-state index in [1.54, 1.807) is 6.08 Å². The van der Waals surface area contributed by atoms with Gasteiger partial charge in [-0.25, -0.2) is 0 Å². The van der Waals surface area contributed by atoms with Gasteiger partial charge in [0, 0.05) is 5.92 Å². The second kappa shape index (κ2) is 2.93. The number of halogens is 2. The van der Waals surface area contributed by atoms with Crippen LogP contribution in [0.3, 0.4) is 0 Å². The van der Waals surface area contributed by atoms with E-state index in [2.05, 4.69) is 0 Å². The topological polar surface area (TPSA) is 17.1 Å². The average Bonchev–Trinajstić information content (AvgIpc) is 2.41. The molecule has 10 heavy (non-hydrogen) atoms. The van der Waals surface area contributed by atoms with Crippen LogP contribution < -0.4 is 0 Å². The summed E-state index contributed by atoms with van der Waals surface area (Å²) in [5.41, 5.74) is 0. The smallest absolute Gasteiger partial charge is 0.123 e. The van der Waals surface area contributed by atoms with Crippen molar-refractivity contribution in [2.24, 2.45) is 17.8 Å². The highest BCUT2D eigenvalue weighted by Gasteiger charge is 2.44. The summed E-state index contributed by atoms with van der Waals surface area (Å²) in [6.07, 6.45) is 2.69. The van der Waals surface area contributed by atoms with Crippen molar-refractivity contribution >= 4 is 29.5 Å². The Morgan fingerprint density at radius 3 is 2.30 bits per heavy atom. The van der Waals surface area contributed by atoms with Gasteiger partial charge in [-0.2, -0.15) is 0 Å². The lowest BCUT2D eigenvalue weighted by molar-refractivity contribution is -0.109. The average molecular weight is 179 g/mol. The van der Waals surface area contributed by atoms with Gasteiger partial charge in [-0.15, -0.1) is 0 Å². The van der Waals surface area contributed by atoms with Crippen LogP contribution in [0.4, 0.5) is 0 Å². The number of aldehydes is 1. The van der Waals surface area contributed by atoms with E-state index in [1.165, 1.54) is 0 Å². The minimum atomic E-state index is 0.146. The van der Waals surface area contributed by atoms with Crippen molar-refractivity contribution in [2.45, 2.75) is 6.92 Å². The predicted octanol–water partition coefficient (Wildman–Crippen LogP) is 2.39. The van der Waals surface area contributed by atoms with Crippen molar-refractivity contribution in [3.8, 4) is 0 Å². The lowest BCUT2D eigenvalue weighted by Crippen LogP contribution is -1.77. The number of hydrogen-bond donors (Lipinski definition) is 0. The fourth-order valence-corrected chi connectivity index (χ4v) is 1.44. The zero-order chi connectivity index (χ0) is 7.72. The van der Waals surface area contributed by atoms with Crippen LogP contribution in [-0.4, -0.2) is 6.29 Å². The molecule has 3 heteroatoms. The maximum atomic E-state index is 10.3. The highest BCUT2D eigenvalue weighted by molar-refractivity contribution is 6.55. The zero-order valence-corrected chi connectivity index (χ0v) is 7.06. The molecule has 1 unspecified atom stereocenters. The molecule has 1 nitrogen and oxygen atoms in total. The van der Waals surface area contributed by atoms with E-state index >= 15 is 0 Å². The van der Waals surface area contributed by atoms with Gasteiger partial charge in [0.25, 0.3) is 0 Å². The van der Waals surface area contributed by atoms with Crippen LogP contribution in [0, 0.1) is 17.8 Å². The molecule has 0 radical (unpaired) electrons. The van der Waals surface area contributed by atoms with Crippen molar-refractivity contribution in [1.82, 2.24) is 0 Å². The molecular formula is C7H8Cl2O. The fraction of sp³-hybridized carbons (Fsp3) is 0.571. The van der Waals surface area contributed by atoms with E-state index in [0.717, 1.165) is 6.29 Å². The molecule has 1 rings (SSSR count). The molecule has 56 valence electrons. The van der Waals surface area contributed by atoms with Crippen molar-refractivity contribution in [2.75, 3.05) is 0 Å². The molecule has 0 aromatic rings. The highest BCUT2D eigenvalue weighted by Crippen LogP contribution is 2.46. The molecule has 0 aromatic carbocycles. The summed E-state index contributed by atoms with van der Waals surface area (Å²) in [6.45, 7) is 2.01. The fourth-order valence-electron chi connectivity index (χ4n) is 1.15. The van der Waals surface area contributed by atoms with Crippen LogP contribution in [0.15, 0.2) is 10.6 Å². The molecule has 0 aliphatic heterocycles. The number of carbonyl (C=O) groups is 1. The summed E-state index contributed by atoms with van der Waals surface area (Å²) in [5, 5.41) is 0. The molecule has 0 heterocycles. The van der Waals surface area contributed by atoms with Crippen molar-refractivity contribution in [1.29, 1.82) is 0 Å². The Kier molecular flexibility index (Phi) is 2.37. The molecule has 1 aliphatic rings. The Balaban J connectivity index is 2.49. The summed E-state index contributed by atoms with van der Waals surface area (Å²) >= 11 is 10.8. The molecule has 0 saturated heterocycles. The van der Waals surface area contributed by atoms with Crippen LogP contribution in [0.5, 0.6) is 0 Å². The van der Waals surface area contributed by atoms with Crippen molar-refractivity contribution in [3.63, 3.8) is 0 Å². The third-order valence-corrected chi connectivity index (χ3v) is 2.25. The standard InChI is InChI=1S/C7H8Cl2O/c1-4-5(2-7(8)9)6(4)3-10/h2-6H,1H3/t4?,5-,6+/m1/s1. The number of hydrogen-bond acceptors (Lipinski definition) is 1. The third-order valence-electron chi connectivity index (χ3n) is 1.99. The van der Waals surface area contributed by atoms with Crippen LogP contribution >= 0.6 is 23.2 Å². The van der Waals surface area contributed by atoms with Gasteiger partial charge in [-0.05, 0) is 11.8 Å². The van der Waals surface area contributed by atoms with Gasteiger partial charge in [0.05, 0.1) is 0 Å². The SMILES string of the molecule is CC1[C@@H](C=C(Cl)Cl)[C@H]1C=O. The first-order valence-corrected chi connectivity index (χ1v) is 3.90. The van der Waals surface area contributed by atoms with Crippen LogP contribution in [0.25, 0.3) is 0 Å². The molecule has 0 bridgehead atoms. The molecule has 0 aromatic heterocycles. The van der Waals surface area contributed by atoms with Crippen molar-refractivity contribution in [3.05, 3.63) is 10.6 Å². The summed E-state index contributed by atoms with van der Waals surface area (Å²) < 4.78 is 0.265. The number of allylic oxidation sites excluding steroid dienone is 1. The Morgan fingerprint density at radius 2 is 2.00 bits per heavy atom. The Labute approximate surface area is 70.0 Å². The second-order valence-electron chi connectivity index (χ2n) is 2.61. The zero-order valence-electron chi connectivity index (χ0n) is 5.55. The maximum absolute atomic E-state index is 10.3. The molecule has 1 fully saturated rings. The first-order valence-electron chi connectivity index (χ1n) is 3.15. The number of rotatable bonds is 2. The first-order chi connectivity index (χ1) is 4.66. The summed E-state index contributed by atoms with van der Waals surface area (Å²) in [7, 11) is 0. The van der Waals surface area contributed by atoms with Gasteiger partial charge in [0.2, 0.25) is 0 Å². The quantitative estimate of drug-likeness (QED) is 0.594. The van der Waals surface area contributed by atoms with Crippen LogP contribution in [-0.2, 0) is 4.79 Å². The van der Waals surface area contributed by atoms with Gasteiger partial charge in [0.1, 0.15) is 10.8 Å². The third kappa shape index (κ3) is 1.53. The molecule has 0 spiro atoms. The molecular weight excluding hydrogens is 171 g/mol. The van der Waals surface area contributed by atoms with Gasteiger partial charge < -0.3 is 4.79 Å². The largest absolute Gasteiger partial charge is 0.303 e. The van der Waals surface area contributed by atoms with E-state index in [4.69, 9.17) is 23.2 Å². The minimum Gasteiger partial charge on any atom is -0.303 e. The molecule has 0 amide bonds. The van der Waals surface area contributed by atoms with Crippen LogP contribution in [0.1, 0.15) is 6.92 Å². The second-order valence-corrected chi connectivity index (χ2v) is 3.61. The summed E-state index contributed by atoms with van der Waals surface area (Å²) in [6, 6.07) is 0. The van der Waals surface area contributed by atoms with Crippen LogP contribution in [0.2, 0.25) is 0 Å². The minimum absolute atomic E-state index is 0.146. The van der Waals surface area contributed by atoms with E-state index in [9.17, 15) is 4.79 Å². The monoisotopic (exact) mass is 178 g/mol. The van der Waals surface area contributed by atoms with Gasteiger partial charge >= 0.3 is 0 Å². The normalized spacial score (nSPS) is 36.9.